The minimum atomic E-state index is 0.645. The molecule has 1 aromatic carbocycles. The summed E-state index contributed by atoms with van der Waals surface area (Å²) in [7, 11) is 3.80. The van der Waals surface area contributed by atoms with E-state index in [0.29, 0.717) is 19.0 Å². The van der Waals surface area contributed by atoms with Crippen molar-refractivity contribution in [2.24, 2.45) is 4.99 Å². The van der Waals surface area contributed by atoms with Crippen molar-refractivity contribution in [2.45, 2.75) is 13.3 Å². The fourth-order valence-corrected chi connectivity index (χ4v) is 2.99. The third-order valence-corrected chi connectivity index (χ3v) is 4.34. The zero-order valence-corrected chi connectivity index (χ0v) is 14.7. The van der Waals surface area contributed by atoms with Crippen LogP contribution in [0, 0.1) is 0 Å². The molecule has 0 saturated heterocycles. The van der Waals surface area contributed by atoms with Gasteiger partial charge in [0.25, 0.3) is 0 Å². The molecule has 0 radical (unpaired) electrons. The zero-order chi connectivity index (χ0) is 17.4. The number of anilines is 1. The second-order valence-electron chi connectivity index (χ2n) is 6.13. The van der Waals surface area contributed by atoms with Gasteiger partial charge in [-0.3, -0.25) is 4.99 Å². The molecular formula is C19H21N3O3. The Kier molecular flexibility index (Phi) is 3.95. The average Bonchev–Trinajstić information content (AvgIpc) is 2.63. The number of likely N-dealkylation sites (N-methyl/N-ethyl adjacent to an activating group) is 1. The molecule has 0 aromatic heterocycles. The topological polar surface area (TPSA) is 60.1 Å². The third kappa shape index (κ3) is 2.77. The Morgan fingerprint density at radius 2 is 2.16 bits per heavy atom. The smallest absolute Gasteiger partial charge is 0.155 e. The van der Waals surface area contributed by atoms with Crippen LogP contribution in [0.25, 0.3) is 22.6 Å². The van der Waals surface area contributed by atoms with Crippen molar-refractivity contribution >= 4 is 16.8 Å². The minimum absolute atomic E-state index is 0.645. The number of hydrogen-bond acceptors (Lipinski definition) is 6. The molecule has 6 nitrogen and oxygen atoms in total. The molecule has 0 saturated carbocycles. The number of rotatable bonds is 3. The van der Waals surface area contributed by atoms with Crippen LogP contribution >= 0.6 is 0 Å². The number of hydrogen-bond donors (Lipinski definition) is 0. The van der Waals surface area contributed by atoms with E-state index in [1.165, 1.54) is 0 Å². The summed E-state index contributed by atoms with van der Waals surface area (Å²) in [5, 5.41) is 0.768. The van der Waals surface area contributed by atoms with Gasteiger partial charge in [0.2, 0.25) is 0 Å². The summed E-state index contributed by atoms with van der Waals surface area (Å²) in [5.74, 6) is 2.26. The lowest BCUT2D eigenvalue weighted by Gasteiger charge is -2.27. The van der Waals surface area contributed by atoms with E-state index < -0.39 is 0 Å². The van der Waals surface area contributed by atoms with Crippen molar-refractivity contribution < 1.29 is 13.9 Å². The maximum atomic E-state index is 6.10. The molecule has 4 rings (SSSR count). The predicted molar refractivity (Wildman–Crippen MR) is 96.7 cm³/mol. The Bertz CT molecular complexity index is 964. The lowest BCUT2D eigenvalue weighted by Crippen LogP contribution is -2.28. The summed E-state index contributed by atoms with van der Waals surface area (Å²) in [6.45, 7) is 4.25. The number of benzene rings is 2. The molecule has 1 aliphatic carbocycles. The number of fused-ring (bicyclic) bond motifs is 3. The molecule has 0 fully saturated rings. The highest BCUT2D eigenvalue weighted by molar-refractivity contribution is 5.84. The van der Waals surface area contributed by atoms with E-state index in [4.69, 9.17) is 18.9 Å². The largest absolute Gasteiger partial charge is 0.491 e. The minimum Gasteiger partial charge on any atom is -0.491 e. The quantitative estimate of drug-likeness (QED) is 0.686. The fraction of sp³-hybridized carbons (Fsp3) is 0.368. The van der Waals surface area contributed by atoms with Gasteiger partial charge in [0, 0.05) is 38.4 Å². The van der Waals surface area contributed by atoms with Gasteiger partial charge in [-0.2, -0.15) is 0 Å². The van der Waals surface area contributed by atoms with Gasteiger partial charge in [-0.1, -0.05) is 6.92 Å². The average molecular weight is 339 g/mol. The zero-order valence-electron chi connectivity index (χ0n) is 14.7. The predicted octanol–water partition coefficient (Wildman–Crippen LogP) is 3.08. The molecule has 1 aromatic rings. The van der Waals surface area contributed by atoms with Gasteiger partial charge < -0.3 is 18.8 Å². The second-order valence-corrected chi connectivity index (χ2v) is 6.13. The number of ether oxygens (including phenoxy) is 2. The van der Waals surface area contributed by atoms with Crippen LogP contribution in [0.1, 0.15) is 13.3 Å². The van der Waals surface area contributed by atoms with Crippen LogP contribution in [-0.2, 0) is 0 Å². The van der Waals surface area contributed by atoms with Gasteiger partial charge in [-0.25, -0.2) is 4.98 Å². The van der Waals surface area contributed by atoms with Crippen LogP contribution in [0.15, 0.2) is 33.7 Å². The Morgan fingerprint density at radius 1 is 1.28 bits per heavy atom. The first kappa shape index (κ1) is 15.7. The lowest BCUT2D eigenvalue weighted by molar-refractivity contribution is 0.311. The summed E-state index contributed by atoms with van der Waals surface area (Å²) in [4.78, 5) is 11.2. The number of aromatic nitrogens is 1. The highest BCUT2D eigenvalue weighted by atomic mass is 16.5. The van der Waals surface area contributed by atoms with Crippen molar-refractivity contribution in [3.63, 3.8) is 0 Å². The summed E-state index contributed by atoms with van der Waals surface area (Å²) in [6.07, 6.45) is 0.938. The van der Waals surface area contributed by atoms with Crippen molar-refractivity contribution in [3.05, 3.63) is 29.6 Å². The lowest BCUT2D eigenvalue weighted by atomic mass is 10.1. The van der Waals surface area contributed by atoms with E-state index >= 15 is 0 Å². The summed E-state index contributed by atoms with van der Waals surface area (Å²) in [5.41, 5.74) is 3.26. The van der Waals surface area contributed by atoms with Gasteiger partial charge in [0.15, 0.2) is 11.3 Å². The molecular weight excluding hydrogens is 318 g/mol. The first-order chi connectivity index (χ1) is 12.2. The molecule has 0 spiro atoms. The van der Waals surface area contributed by atoms with Crippen LogP contribution in [0.3, 0.4) is 0 Å². The number of nitrogens with zero attached hydrogens (tertiary/aromatic N) is 3. The highest BCUT2D eigenvalue weighted by Gasteiger charge is 2.19. The molecule has 3 aliphatic rings. The SMILES string of the molecule is CCCOc1cc2nc3cc4c(cc3oc-2cc1=NC)N(C)CCO4. The van der Waals surface area contributed by atoms with Crippen molar-refractivity contribution in [2.75, 3.05) is 38.8 Å². The maximum absolute atomic E-state index is 6.10. The van der Waals surface area contributed by atoms with Crippen LogP contribution in [0.2, 0.25) is 0 Å². The molecule has 0 amide bonds. The van der Waals surface area contributed by atoms with E-state index in [2.05, 4.69) is 16.8 Å². The van der Waals surface area contributed by atoms with Gasteiger partial charge >= 0.3 is 0 Å². The van der Waals surface area contributed by atoms with Crippen LogP contribution in [-0.4, -0.2) is 38.8 Å². The van der Waals surface area contributed by atoms with E-state index in [-0.39, 0.29) is 0 Å². The molecule has 2 heterocycles. The van der Waals surface area contributed by atoms with Crippen molar-refractivity contribution in [1.29, 1.82) is 0 Å². The Balaban J connectivity index is 1.91. The monoisotopic (exact) mass is 339 g/mol. The Morgan fingerprint density at radius 3 is 2.96 bits per heavy atom. The Hall–Kier alpha value is -2.76. The molecule has 0 atom stereocenters. The van der Waals surface area contributed by atoms with Crippen LogP contribution in [0.5, 0.6) is 11.5 Å². The van der Waals surface area contributed by atoms with E-state index in [0.717, 1.165) is 52.3 Å². The van der Waals surface area contributed by atoms with Gasteiger partial charge in [-0.05, 0) is 6.42 Å². The van der Waals surface area contributed by atoms with Gasteiger partial charge in [-0.15, -0.1) is 0 Å². The normalized spacial score (nSPS) is 14.7. The van der Waals surface area contributed by atoms with Gasteiger partial charge in [0.1, 0.15) is 34.7 Å². The van der Waals surface area contributed by atoms with Crippen molar-refractivity contribution in [1.82, 2.24) is 4.98 Å². The maximum Gasteiger partial charge on any atom is 0.155 e. The standard InChI is InChI=1S/C19H21N3O3/c1-4-6-23-16-9-13-17(8-12(16)20-2)25-18-11-15-19(10-14(18)21-13)24-7-5-22(15)3/h8-11H,4-7H2,1-3H3. The molecule has 0 unspecified atom stereocenters. The summed E-state index contributed by atoms with van der Waals surface area (Å²) >= 11 is 0. The van der Waals surface area contributed by atoms with Crippen LogP contribution < -0.4 is 19.7 Å². The Labute approximate surface area is 146 Å². The third-order valence-electron chi connectivity index (χ3n) is 4.34. The summed E-state index contributed by atoms with van der Waals surface area (Å²) in [6, 6.07) is 7.70. The molecule has 6 heteroatoms. The summed E-state index contributed by atoms with van der Waals surface area (Å²) < 4.78 is 17.7. The second kappa shape index (κ2) is 6.27. The molecule has 25 heavy (non-hydrogen) atoms. The van der Waals surface area contributed by atoms with Gasteiger partial charge in [0.05, 0.1) is 18.8 Å². The molecule has 2 aliphatic heterocycles. The molecule has 0 N–H and O–H groups in total. The fourth-order valence-electron chi connectivity index (χ4n) is 2.99. The first-order valence-electron chi connectivity index (χ1n) is 8.52. The van der Waals surface area contributed by atoms with Crippen molar-refractivity contribution in [3.8, 4) is 23.0 Å². The highest BCUT2D eigenvalue weighted by Crippen LogP contribution is 2.36. The molecule has 0 bridgehead atoms. The van der Waals surface area contributed by atoms with E-state index in [1.54, 1.807) is 7.05 Å². The van der Waals surface area contributed by atoms with E-state index in [9.17, 15) is 0 Å². The van der Waals surface area contributed by atoms with Crippen LogP contribution in [0.4, 0.5) is 5.69 Å². The molecule has 130 valence electrons. The van der Waals surface area contributed by atoms with E-state index in [1.807, 2.05) is 31.3 Å². The first-order valence-corrected chi connectivity index (χ1v) is 8.52.